The van der Waals surface area contributed by atoms with Crippen LogP contribution in [-0.4, -0.2) is 27.2 Å². The first kappa shape index (κ1) is 13.6. The summed E-state index contributed by atoms with van der Waals surface area (Å²) in [5, 5.41) is 28.6. The van der Waals surface area contributed by atoms with Gasteiger partial charge in [0.15, 0.2) is 0 Å². The highest BCUT2D eigenvalue weighted by Crippen LogP contribution is 2.48. The Balaban J connectivity index is 2.47. The normalized spacial score (nSPS) is 20.9. The van der Waals surface area contributed by atoms with Gasteiger partial charge in [0.05, 0.1) is 5.41 Å². The van der Waals surface area contributed by atoms with Crippen LogP contribution in [0.1, 0.15) is 31.2 Å². The van der Waals surface area contributed by atoms with Gasteiger partial charge in [-0.15, -0.1) is 0 Å². The molecule has 2 rings (SSSR count). The number of aromatic hydroxyl groups is 2. The summed E-state index contributed by atoms with van der Waals surface area (Å²) in [4.78, 5) is 11.5. The van der Waals surface area contributed by atoms with Crippen molar-refractivity contribution in [2.24, 2.45) is 0 Å². The van der Waals surface area contributed by atoms with Crippen LogP contribution in [0, 0.1) is 0 Å². The highest BCUT2D eigenvalue weighted by Gasteiger charge is 2.50. The van der Waals surface area contributed by atoms with Gasteiger partial charge in [-0.3, -0.25) is 4.79 Å². The Labute approximate surface area is 108 Å². The number of aliphatic carboxylic acids is 1. The van der Waals surface area contributed by atoms with E-state index in [0.717, 1.165) is 6.07 Å². The van der Waals surface area contributed by atoms with Crippen molar-refractivity contribution < 1.29 is 28.9 Å². The van der Waals surface area contributed by atoms with E-state index in [9.17, 15) is 28.9 Å². The minimum Gasteiger partial charge on any atom is -0.508 e. The largest absolute Gasteiger partial charge is 0.508 e. The summed E-state index contributed by atoms with van der Waals surface area (Å²) in [6, 6.07) is 3.51. The molecule has 0 unspecified atom stereocenters. The number of rotatable bonds is 2. The Hall–Kier alpha value is -1.85. The van der Waals surface area contributed by atoms with Gasteiger partial charge in [0.25, 0.3) is 0 Å². The van der Waals surface area contributed by atoms with Gasteiger partial charge in [0, 0.05) is 18.4 Å². The van der Waals surface area contributed by atoms with Crippen LogP contribution in [0.5, 0.6) is 11.5 Å². The predicted octanol–water partition coefficient (Wildman–Crippen LogP) is 2.63. The minimum atomic E-state index is -2.87. The van der Waals surface area contributed by atoms with Crippen LogP contribution in [0.25, 0.3) is 0 Å². The first-order chi connectivity index (χ1) is 8.77. The summed E-state index contributed by atoms with van der Waals surface area (Å²) in [5.41, 5.74) is -1.57. The number of carbonyl (C=O) groups is 1. The maximum Gasteiger partial charge on any atom is 0.314 e. The SMILES string of the molecule is O=C(O)C1(c2cc(O)ccc2O)CCC(F)(F)CC1. The average molecular weight is 272 g/mol. The van der Waals surface area contributed by atoms with Gasteiger partial charge in [0.2, 0.25) is 5.92 Å². The molecule has 0 amide bonds. The van der Waals surface area contributed by atoms with Crippen molar-refractivity contribution in [3.63, 3.8) is 0 Å². The second-order valence-corrected chi connectivity index (χ2v) is 4.94. The number of halogens is 2. The summed E-state index contributed by atoms with van der Waals surface area (Å²) in [6.07, 6.45) is -1.64. The lowest BCUT2D eigenvalue weighted by atomic mass is 9.68. The van der Waals surface area contributed by atoms with Gasteiger partial charge >= 0.3 is 5.97 Å². The van der Waals surface area contributed by atoms with E-state index in [1.54, 1.807) is 0 Å². The van der Waals surface area contributed by atoms with E-state index in [-0.39, 0.29) is 29.9 Å². The van der Waals surface area contributed by atoms with Gasteiger partial charge in [0.1, 0.15) is 11.5 Å². The number of benzene rings is 1. The van der Waals surface area contributed by atoms with Gasteiger partial charge in [-0.1, -0.05) is 0 Å². The second kappa shape index (κ2) is 4.36. The monoisotopic (exact) mass is 272 g/mol. The quantitative estimate of drug-likeness (QED) is 0.723. The molecule has 0 aromatic heterocycles. The third-order valence-corrected chi connectivity index (χ3v) is 3.74. The predicted molar refractivity (Wildman–Crippen MR) is 62.5 cm³/mol. The van der Waals surface area contributed by atoms with Gasteiger partial charge in [-0.25, -0.2) is 8.78 Å². The molecule has 1 fully saturated rings. The molecule has 0 atom stereocenters. The van der Waals surface area contributed by atoms with Crippen LogP contribution in [-0.2, 0) is 10.2 Å². The Morgan fingerprint density at radius 3 is 2.21 bits per heavy atom. The molecule has 1 aromatic rings. The van der Waals surface area contributed by atoms with E-state index < -0.39 is 30.1 Å². The zero-order chi connectivity index (χ0) is 14.3. The van der Waals surface area contributed by atoms with Crippen LogP contribution in [0.15, 0.2) is 18.2 Å². The molecule has 1 aliphatic rings. The summed E-state index contributed by atoms with van der Waals surface area (Å²) in [7, 11) is 0. The zero-order valence-electron chi connectivity index (χ0n) is 10.1. The van der Waals surface area contributed by atoms with Gasteiger partial charge in [-0.05, 0) is 31.0 Å². The molecule has 1 aromatic carbocycles. The summed E-state index contributed by atoms with van der Waals surface area (Å²) >= 11 is 0. The topological polar surface area (TPSA) is 77.8 Å². The number of alkyl halides is 2. The number of carboxylic acid groups (broad SMARTS) is 1. The second-order valence-electron chi connectivity index (χ2n) is 4.94. The standard InChI is InChI=1S/C13H14F2O4/c14-13(15)5-3-12(4-6-13,11(18)19)9-7-8(16)1-2-10(9)17/h1-2,7,16-17H,3-6H2,(H,18,19). The molecule has 3 N–H and O–H groups in total. The van der Waals surface area contributed by atoms with Gasteiger partial charge < -0.3 is 15.3 Å². The van der Waals surface area contributed by atoms with E-state index in [1.807, 2.05) is 0 Å². The molecule has 104 valence electrons. The van der Waals surface area contributed by atoms with E-state index >= 15 is 0 Å². The van der Waals surface area contributed by atoms with Crippen molar-refractivity contribution in [1.29, 1.82) is 0 Å². The zero-order valence-corrected chi connectivity index (χ0v) is 10.1. The number of phenolic OH excluding ortho intramolecular Hbond substituents is 2. The maximum atomic E-state index is 13.2. The Morgan fingerprint density at radius 1 is 1.11 bits per heavy atom. The number of hydrogen-bond acceptors (Lipinski definition) is 3. The molecule has 0 bridgehead atoms. The third-order valence-electron chi connectivity index (χ3n) is 3.74. The minimum absolute atomic E-state index is 0.00417. The smallest absolute Gasteiger partial charge is 0.314 e. The molecule has 6 heteroatoms. The highest BCUT2D eigenvalue weighted by molar-refractivity contribution is 5.83. The van der Waals surface area contributed by atoms with Crippen molar-refractivity contribution in [3.05, 3.63) is 23.8 Å². The molecule has 0 spiro atoms. The summed E-state index contributed by atoms with van der Waals surface area (Å²) < 4.78 is 26.4. The van der Waals surface area contributed by atoms with Crippen molar-refractivity contribution in [2.75, 3.05) is 0 Å². The Bertz CT molecular complexity index is 503. The molecular weight excluding hydrogens is 258 g/mol. The van der Waals surface area contributed by atoms with Crippen LogP contribution < -0.4 is 0 Å². The fourth-order valence-corrected chi connectivity index (χ4v) is 2.55. The number of carboxylic acids is 1. The highest BCUT2D eigenvalue weighted by atomic mass is 19.3. The first-order valence-electron chi connectivity index (χ1n) is 5.91. The number of hydrogen-bond donors (Lipinski definition) is 3. The maximum absolute atomic E-state index is 13.2. The molecule has 0 aliphatic heterocycles. The molecule has 0 heterocycles. The fraction of sp³-hybridized carbons (Fsp3) is 0.462. The molecule has 0 saturated heterocycles. The molecule has 1 aliphatic carbocycles. The van der Waals surface area contributed by atoms with Crippen LogP contribution >= 0.6 is 0 Å². The lowest BCUT2D eigenvalue weighted by Crippen LogP contribution is -2.42. The van der Waals surface area contributed by atoms with E-state index in [0.29, 0.717) is 0 Å². The lowest BCUT2D eigenvalue weighted by Gasteiger charge is -2.37. The third kappa shape index (κ3) is 2.34. The van der Waals surface area contributed by atoms with Crippen LogP contribution in [0.2, 0.25) is 0 Å². The fourth-order valence-electron chi connectivity index (χ4n) is 2.55. The van der Waals surface area contributed by atoms with Crippen molar-refractivity contribution in [3.8, 4) is 11.5 Å². The van der Waals surface area contributed by atoms with Crippen LogP contribution in [0.3, 0.4) is 0 Å². The van der Waals surface area contributed by atoms with E-state index in [4.69, 9.17) is 0 Å². The van der Waals surface area contributed by atoms with Gasteiger partial charge in [-0.2, -0.15) is 0 Å². The summed E-state index contributed by atoms with van der Waals surface area (Å²) in [6.45, 7) is 0. The van der Waals surface area contributed by atoms with E-state index in [2.05, 4.69) is 0 Å². The lowest BCUT2D eigenvalue weighted by molar-refractivity contribution is -0.149. The molecule has 19 heavy (non-hydrogen) atoms. The molecule has 4 nitrogen and oxygen atoms in total. The summed E-state index contributed by atoms with van der Waals surface area (Å²) in [5.74, 6) is -4.63. The first-order valence-corrected chi connectivity index (χ1v) is 5.91. The van der Waals surface area contributed by atoms with Crippen molar-refractivity contribution in [2.45, 2.75) is 37.0 Å². The molecule has 0 radical (unpaired) electrons. The van der Waals surface area contributed by atoms with E-state index in [1.165, 1.54) is 12.1 Å². The Kier molecular flexibility index (Phi) is 3.12. The molecule has 1 saturated carbocycles. The van der Waals surface area contributed by atoms with Crippen molar-refractivity contribution >= 4 is 5.97 Å². The Morgan fingerprint density at radius 2 is 1.68 bits per heavy atom. The van der Waals surface area contributed by atoms with Crippen LogP contribution in [0.4, 0.5) is 8.78 Å². The molecular formula is C13H14F2O4. The van der Waals surface area contributed by atoms with Crippen molar-refractivity contribution in [1.82, 2.24) is 0 Å². The number of phenols is 2. The average Bonchev–Trinajstić information content (AvgIpc) is 2.33.